The van der Waals surface area contributed by atoms with E-state index >= 15 is 0 Å². The molecule has 0 spiro atoms. The second-order valence-corrected chi connectivity index (χ2v) is 4.98. The summed E-state index contributed by atoms with van der Waals surface area (Å²) in [7, 11) is 0. The Bertz CT molecular complexity index is 302. The highest BCUT2D eigenvalue weighted by Gasteiger charge is 2.17. The predicted molar refractivity (Wildman–Crippen MR) is 54.7 cm³/mol. The number of thiazole rings is 1. The highest BCUT2D eigenvalue weighted by atomic mass is 35.5. The van der Waals surface area contributed by atoms with Gasteiger partial charge >= 0.3 is 5.97 Å². The number of aromatic nitrogens is 1. The molecule has 13 heavy (non-hydrogen) atoms. The van der Waals surface area contributed by atoms with Gasteiger partial charge in [0.05, 0.1) is 0 Å². The van der Waals surface area contributed by atoms with E-state index in [0.29, 0.717) is 15.9 Å². The van der Waals surface area contributed by atoms with Crippen LogP contribution in [0.25, 0.3) is 0 Å². The molecule has 1 unspecified atom stereocenters. The molecule has 3 nitrogen and oxygen atoms in total. The summed E-state index contributed by atoms with van der Waals surface area (Å²) < 4.78 is 0.708. The van der Waals surface area contributed by atoms with E-state index in [1.54, 1.807) is 5.38 Å². The number of carboxylic acid groups (broad SMARTS) is 1. The van der Waals surface area contributed by atoms with Gasteiger partial charge in [-0.1, -0.05) is 30.3 Å². The van der Waals surface area contributed by atoms with Crippen LogP contribution in [0.15, 0.2) is 9.72 Å². The maximum Gasteiger partial charge on any atom is 0.317 e. The topological polar surface area (TPSA) is 50.2 Å². The van der Waals surface area contributed by atoms with E-state index in [0.717, 1.165) is 0 Å². The van der Waals surface area contributed by atoms with Crippen molar-refractivity contribution in [2.24, 2.45) is 0 Å². The summed E-state index contributed by atoms with van der Waals surface area (Å²) in [5, 5.41) is 10.5. The number of aliphatic carboxylic acids is 1. The summed E-state index contributed by atoms with van der Waals surface area (Å²) in [5.41, 5.74) is 0. The van der Waals surface area contributed by atoms with Gasteiger partial charge in [0, 0.05) is 5.38 Å². The molecule has 1 N–H and O–H groups in total. The lowest BCUT2D eigenvalue weighted by Crippen LogP contribution is -2.14. The highest BCUT2D eigenvalue weighted by Crippen LogP contribution is 2.29. The third-order valence-corrected chi connectivity index (χ3v) is 3.99. The Kier molecular flexibility index (Phi) is 4.02. The van der Waals surface area contributed by atoms with Crippen LogP contribution in [0.4, 0.5) is 0 Å². The average molecular weight is 238 g/mol. The molecule has 0 aliphatic heterocycles. The van der Waals surface area contributed by atoms with E-state index in [-0.39, 0.29) is 0 Å². The molecule has 0 aromatic carbocycles. The van der Waals surface area contributed by atoms with Crippen LogP contribution in [0.5, 0.6) is 0 Å². The lowest BCUT2D eigenvalue weighted by Gasteiger charge is -2.05. The van der Waals surface area contributed by atoms with E-state index in [1.807, 2.05) is 6.92 Å². The Balaban J connectivity index is 2.61. The van der Waals surface area contributed by atoms with Crippen LogP contribution in [0.2, 0.25) is 5.15 Å². The maximum absolute atomic E-state index is 10.7. The molecule has 0 fully saturated rings. The van der Waals surface area contributed by atoms with Gasteiger partial charge in [-0.3, -0.25) is 4.79 Å². The smallest absolute Gasteiger partial charge is 0.317 e. The summed E-state index contributed by atoms with van der Waals surface area (Å²) in [6.45, 7) is 1.83. The minimum absolute atomic E-state index is 0.424. The third kappa shape index (κ3) is 3.17. The van der Waals surface area contributed by atoms with Crippen LogP contribution in [-0.4, -0.2) is 21.3 Å². The molecule has 1 heterocycles. The Hall–Kier alpha value is -0.260. The maximum atomic E-state index is 10.7. The van der Waals surface area contributed by atoms with Gasteiger partial charge in [0.2, 0.25) is 0 Å². The van der Waals surface area contributed by atoms with E-state index in [4.69, 9.17) is 16.7 Å². The number of carbonyl (C=O) groups is 1. The van der Waals surface area contributed by atoms with Crippen LogP contribution >= 0.6 is 34.7 Å². The van der Waals surface area contributed by atoms with Crippen molar-refractivity contribution in [2.45, 2.75) is 22.9 Å². The van der Waals surface area contributed by atoms with Crippen molar-refractivity contribution in [3.05, 3.63) is 10.5 Å². The third-order valence-electron chi connectivity index (χ3n) is 1.34. The number of rotatable bonds is 4. The van der Waals surface area contributed by atoms with Gasteiger partial charge in [0.25, 0.3) is 0 Å². The molecule has 0 radical (unpaired) electrons. The predicted octanol–water partition coefficient (Wildman–Crippen LogP) is 2.75. The fourth-order valence-corrected chi connectivity index (χ4v) is 2.82. The normalized spacial score (nSPS) is 12.8. The lowest BCUT2D eigenvalue weighted by atomic mass is 10.3. The summed E-state index contributed by atoms with van der Waals surface area (Å²) >= 11 is 8.21. The fourth-order valence-electron chi connectivity index (χ4n) is 0.723. The Morgan fingerprint density at radius 3 is 3.00 bits per heavy atom. The first kappa shape index (κ1) is 10.8. The Labute approximate surface area is 89.1 Å². The summed E-state index contributed by atoms with van der Waals surface area (Å²) in [5.74, 6) is -0.807. The number of carboxylic acids is 1. The van der Waals surface area contributed by atoms with Crippen LogP contribution in [-0.2, 0) is 4.79 Å². The average Bonchev–Trinajstić information content (AvgIpc) is 2.46. The van der Waals surface area contributed by atoms with Crippen molar-refractivity contribution in [3.8, 4) is 0 Å². The second kappa shape index (κ2) is 4.83. The van der Waals surface area contributed by atoms with E-state index in [9.17, 15) is 4.79 Å². The highest BCUT2D eigenvalue weighted by molar-refractivity contribution is 8.02. The summed E-state index contributed by atoms with van der Waals surface area (Å²) in [4.78, 5) is 14.6. The molecule has 1 aromatic rings. The van der Waals surface area contributed by atoms with Crippen molar-refractivity contribution in [1.82, 2.24) is 4.98 Å². The monoisotopic (exact) mass is 237 g/mol. The number of halogens is 1. The van der Waals surface area contributed by atoms with E-state index in [1.165, 1.54) is 23.1 Å². The van der Waals surface area contributed by atoms with Crippen LogP contribution in [0, 0.1) is 0 Å². The molecule has 0 aliphatic rings. The standard InChI is InChI=1S/C7H8ClNO2S2/c1-2-4(6(10)11)13-7-9-5(8)3-12-7/h3-4H,2H2,1H3,(H,10,11). The molecule has 72 valence electrons. The van der Waals surface area contributed by atoms with E-state index < -0.39 is 11.2 Å². The SMILES string of the molecule is CCC(Sc1nc(Cl)cs1)C(=O)O. The number of hydrogen-bond acceptors (Lipinski definition) is 4. The fraction of sp³-hybridized carbons (Fsp3) is 0.429. The van der Waals surface area contributed by atoms with Crippen molar-refractivity contribution in [3.63, 3.8) is 0 Å². The molecule has 0 aliphatic carbocycles. The quantitative estimate of drug-likeness (QED) is 0.819. The molecule has 0 saturated carbocycles. The molecule has 0 saturated heterocycles. The van der Waals surface area contributed by atoms with Crippen molar-refractivity contribution in [1.29, 1.82) is 0 Å². The van der Waals surface area contributed by atoms with Crippen molar-refractivity contribution in [2.75, 3.05) is 0 Å². The Morgan fingerprint density at radius 1 is 1.92 bits per heavy atom. The Morgan fingerprint density at radius 2 is 2.62 bits per heavy atom. The largest absolute Gasteiger partial charge is 0.480 e. The first-order valence-electron chi connectivity index (χ1n) is 3.64. The zero-order valence-corrected chi connectivity index (χ0v) is 9.25. The molecule has 0 amide bonds. The lowest BCUT2D eigenvalue weighted by molar-refractivity contribution is -0.136. The number of thioether (sulfide) groups is 1. The summed E-state index contributed by atoms with van der Waals surface area (Å²) in [6, 6.07) is 0. The molecular formula is C7H8ClNO2S2. The first-order valence-corrected chi connectivity index (χ1v) is 5.77. The van der Waals surface area contributed by atoms with Crippen molar-refractivity contribution < 1.29 is 9.90 Å². The number of nitrogens with zero attached hydrogens (tertiary/aromatic N) is 1. The molecule has 1 atom stereocenters. The zero-order valence-electron chi connectivity index (χ0n) is 6.86. The van der Waals surface area contributed by atoms with Crippen LogP contribution in [0.1, 0.15) is 13.3 Å². The minimum Gasteiger partial charge on any atom is -0.480 e. The van der Waals surface area contributed by atoms with Crippen LogP contribution < -0.4 is 0 Å². The minimum atomic E-state index is -0.807. The number of hydrogen-bond donors (Lipinski definition) is 1. The molecule has 1 rings (SSSR count). The van der Waals surface area contributed by atoms with E-state index in [2.05, 4.69) is 4.98 Å². The van der Waals surface area contributed by atoms with Gasteiger partial charge < -0.3 is 5.11 Å². The van der Waals surface area contributed by atoms with Crippen LogP contribution in [0.3, 0.4) is 0 Å². The van der Waals surface area contributed by atoms with Gasteiger partial charge in [-0.15, -0.1) is 11.3 Å². The molecule has 6 heteroatoms. The summed E-state index contributed by atoms with van der Waals surface area (Å²) in [6.07, 6.45) is 0.581. The second-order valence-electron chi connectivity index (χ2n) is 2.29. The van der Waals surface area contributed by atoms with Gasteiger partial charge in [-0.25, -0.2) is 4.98 Å². The molecular weight excluding hydrogens is 230 g/mol. The van der Waals surface area contributed by atoms with Gasteiger partial charge in [0.15, 0.2) is 4.34 Å². The van der Waals surface area contributed by atoms with Gasteiger partial charge in [-0.2, -0.15) is 0 Å². The van der Waals surface area contributed by atoms with Gasteiger partial charge in [-0.05, 0) is 6.42 Å². The molecule has 0 bridgehead atoms. The van der Waals surface area contributed by atoms with Gasteiger partial charge in [0.1, 0.15) is 10.4 Å². The molecule has 1 aromatic heterocycles. The van der Waals surface area contributed by atoms with Crippen molar-refractivity contribution >= 4 is 40.7 Å². The zero-order chi connectivity index (χ0) is 9.84. The first-order chi connectivity index (χ1) is 6.13.